The first-order valence-corrected chi connectivity index (χ1v) is 11.9. The number of halogens is 1. The molecule has 3 rings (SSSR count). The van der Waals surface area contributed by atoms with Crippen molar-refractivity contribution in [2.24, 2.45) is 11.7 Å². The molecular weight excluding hydrogens is 483 g/mol. The number of nitrogens with two attached hydrogens (primary N) is 1. The lowest BCUT2D eigenvalue weighted by Gasteiger charge is -2.28. The van der Waals surface area contributed by atoms with E-state index in [2.05, 4.69) is 5.32 Å². The van der Waals surface area contributed by atoms with E-state index in [1.165, 1.54) is 30.3 Å². The van der Waals surface area contributed by atoms with E-state index >= 15 is 0 Å². The van der Waals surface area contributed by atoms with Gasteiger partial charge in [-0.3, -0.25) is 9.59 Å². The minimum absolute atomic E-state index is 0.0206. The van der Waals surface area contributed by atoms with Gasteiger partial charge in [0.25, 0.3) is 17.6 Å². The molecule has 198 valence electrons. The number of aliphatic hydroxyl groups is 2. The first-order valence-electron chi connectivity index (χ1n) is 11.9. The van der Waals surface area contributed by atoms with E-state index in [1.54, 1.807) is 32.0 Å². The lowest BCUT2D eigenvalue weighted by Crippen LogP contribution is -2.47. The van der Waals surface area contributed by atoms with Gasteiger partial charge in [0.15, 0.2) is 5.69 Å². The van der Waals surface area contributed by atoms with E-state index in [0.717, 1.165) is 6.20 Å². The number of fused-ring (bicyclic) bond motifs is 1. The number of nitrogens with zero attached hydrogens (tertiary/aromatic N) is 2. The largest absolute Gasteiger partial charge is 0.805 e. The molecule has 0 spiro atoms. The van der Waals surface area contributed by atoms with Gasteiger partial charge in [-0.2, -0.15) is 0 Å². The number of para-hydroxylation sites is 2. The van der Waals surface area contributed by atoms with Gasteiger partial charge in [0.2, 0.25) is 5.91 Å². The van der Waals surface area contributed by atoms with Crippen LogP contribution in [0, 0.1) is 21.8 Å². The Bertz CT molecular complexity index is 1340. The molecule has 11 heteroatoms. The third kappa shape index (κ3) is 7.34. The Balaban J connectivity index is 1.90. The smallest absolute Gasteiger partial charge is 0.286 e. The molecule has 0 saturated carbocycles. The number of hydrogen-bond donors (Lipinski definition) is 4. The Kier molecular flexibility index (Phi) is 8.61. The number of carbonyl (C=O) groups is 2. The van der Waals surface area contributed by atoms with Gasteiger partial charge in [0, 0.05) is 16.9 Å². The van der Waals surface area contributed by atoms with Crippen LogP contribution >= 0.6 is 0 Å². The number of carbonyl (C=O) groups excluding carboxylic acids is 2. The second kappa shape index (κ2) is 11.5. The highest BCUT2D eigenvalue weighted by molar-refractivity contribution is 5.94. The highest BCUT2D eigenvalue weighted by Crippen LogP contribution is 2.22. The molecule has 0 aliphatic carbocycles. The third-order valence-corrected chi connectivity index (χ3v) is 6.19. The summed E-state index contributed by atoms with van der Waals surface area (Å²) in [6, 6.07) is 10.5. The molecule has 37 heavy (non-hydrogen) atoms. The average Bonchev–Trinajstić information content (AvgIpc) is 2.82. The lowest BCUT2D eigenvalue weighted by atomic mass is 9.87. The number of aliphatic hydroxyl groups excluding tert-OH is 1. The van der Waals surface area contributed by atoms with E-state index in [1.807, 2.05) is 0 Å². The number of nitrogens with one attached hydrogen (secondary N) is 1. The molecule has 0 bridgehead atoms. The Hall–Kier alpha value is -3.83. The Morgan fingerprint density at radius 2 is 1.92 bits per heavy atom. The second-order valence-electron chi connectivity index (χ2n) is 9.79. The van der Waals surface area contributed by atoms with Crippen LogP contribution in [0.1, 0.15) is 49.2 Å². The van der Waals surface area contributed by atoms with Crippen LogP contribution in [0.25, 0.3) is 11.0 Å². The molecule has 5 N–H and O–H groups in total. The number of hydrogen-bond acceptors (Lipinski definition) is 6. The van der Waals surface area contributed by atoms with E-state index in [4.69, 9.17) is 5.73 Å². The summed E-state index contributed by atoms with van der Waals surface area (Å²) >= 11 is 0. The fourth-order valence-corrected chi connectivity index (χ4v) is 4.14. The predicted octanol–water partition coefficient (Wildman–Crippen LogP) is 1.79. The molecule has 1 aromatic heterocycles. The summed E-state index contributed by atoms with van der Waals surface area (Å²) in [6.45, 7) is 3.16. The van der Waals surface area contributed by atoms with Crippen molar-refractivity contribution in [1.82, 2.24) is 10.0 Å². The minimum Gasteiger partial charge on any atom is -0.805 e. The predicted molar refractivity (Wildman–Crippen MR) is 134 cm³/mol. The van der Waals surface area contributed by atoms with Crippen molar-refractivity contribution in [3.63, 3.8) is 0 Å². The fraction of sp³-hybridized carbons (Fsp3) is 0.385. The minimum atomic E-state index is -1.33. The standard InChI is InChI=1S/C26H31FN4O6/c1-26(2,35)11-10-17(24(28)33)14-23(32)19(13-16-6-5-7-18(27)12-16)29-25(34)22-15-30(36)20-8-3-4-9-21(20)31(22)37/h3-9,12,15,17,19,23,32,35H,10-11,13-14H2,1-2H3,(H2,28,33)(H,29,34). The van der Waals surface area contributed by atoms with Gasteiger partial charge in [0.05, 0.1) is 22.2 Å². The molecule has 0 fully saturated rings. The Morgan fingerprint density at radius 1 is 1.22 bits per heavy atom. The molecule has 3 atom stereocenters. The van der Waals surface area contributed by atoms with Crippen molar-refractivity contribution < 1.29 is 28.6 Å². The molecule has 2 aromatic carbocycles. The number of benzene rings is 2. The number of amides is 2. The topological polar surface area (TPSA) is 164 Å². The van der Waals surface area contributed by atoms with Crippen LogP contribution < -0.4 is 15.5 Å². The zero-order valence-corrected chi connectivity index (χ0v) is 20.6. The highest BCUT2D eigenvalue weighted by atomic mass is 19.1. The number of aromatic nitrogens is 2. The van der Waals surface area contributed by atoms with Gasteiger partial charge < -0.3 is 31.2 Å². The molecular formula is C26H31FN4O6. The summed E-state index contributed by atoms with van der Waals surface area (Å²) in [5.41, 5.74) is 4.46. The molecule has 3 aromatic rings. The van der Waals surface area contributed by atoms with Crippen molar-refractivity contribution in [3.05, 3.63) is 81.9 Å². The normalized spacial score (nSPS) is 14.2. The molecule has 0 aliphatic rings. The zero-order chi connectivity index (χ0) is 27.3. The van der Waals surface area contributed by atoms with Crippen LogP contribution in [0.15, 0.2) is 54.7 Å². The monoisotopic (exact) mass is 514 g/mol. The molecule has 3 unspecified atom stereocenters. The summed E-state index contributed by atoms with van der Waals surface area (Å²) in [4.78, 5) is 37.6. The van der Waals surface area contributed by atoms with Crippen molar-refractivity contribution in [2.75, 3.05) is 0 Å². The first kappa shape index (κ1) is 27.8. The average molecular weight is 515 g/mol. The quantitative estimate of drug-likeness (QED) is 0.285. The Morgan fingerprint density at radius 3 is 2.57 bits per heavy atom. The van der Waals surface area contributed by atoms with Crippen LogP contribution in [-0.4, -0.2) is 44.5 Å². The summed E-state index contributed by atoms with van der Waals surface area (Å²) < 4.78 is 14.5. The summed E-state index contributed by atoms with van der Waals surface area (Å²) in [7, 11) is 0. The van der Waals surface area contributed by atoms with Gasteiger partial charge in [-0.05, 0) is 63.3 Å². The maximum absolute atomic E-state index is 13.8. The van der Waals surface area contributed by atoms with Crippen LogP contribution in [0.3, 0.4) is 0 Å². The van der Waals surface area contributed by atoms with E-state index < -0.39 is 47.0 Å². The van der Waals surface area contributed by atoms with Crippen molar-refractivity contribution in [1.29, 1.82) is 0 Å². The van der Waals surface area contributed by atoms with Gasteiger partial charge >= 0.3 is 0 Å². The van der Waals surface area contributed by atoms with Crippen molar-refractivity contribution in [2.45, 2.75) is 57.3 Å². The first-order chi connectivity index (χ1) is 17.4. The van der Waals surface area contributed by atoms with E-state index in [9.17, 15) is 34.3 Å². The van der Waals surface area contributed by atoms with Crippen LogP contribution in [0.2, 0.25) is 0 Å². The molecule has 0 saturated heterocycles. The number of rotatable bonds is 11. The third-order valence-electron chi connectivity index (χ3n) is 6.19. The van der Waals surface area contributed by atoms with Gasteiger partial charge in [0.1, 0.15) is 11.3 Å². The SMILES string of the molecule is CC(C)(O)CCC(CC(O)C(Cc1cccc(F)c1)NC(=O)c1c[n+](=O)c2ccccc2n1[O-])C(N)=O. The summed E-state index contributed by atoms with van der Waals surface area (Å²) in [5, 5.41) is 36.5. The summed E-state index contributed by atoms with van der Waals surface area (Å²) in [6.07, 6.45) is -0.241. The second-order valence-corrected chi connectivity index (χ2v) is 9.79. The molecule has 2 amide bonds. The molecule has 10 nitrogen and oxygen atoms in total. The maximum Gasteiger partial charge on any atom is 0.286 e. The van der Waals surface area contributed by atoms with Gasteiger partial charge in [-0.25, -0.2) is 4.39 Å². The van der Waals surface area contributed by atoms with E-state index in [-0.39, 0.29) is 36.7 Å². The highest BCUT2D eigenvalue weighted by Gasteiger charge is 2.30. The van der Waals surface area contributed by atoms with Crippen LogP contribution in [0.5, 0.6) is 0 Å². The van der Waals surface area contributed by atoms with Crippen molar-refractivity contribution in [3.8, 4) is 0 Å². The van der Waals surface area contributed by atoms with Crippen LogP contribution in [-0.2, 0) is 11.2 Å². The number of primary amides is 1. The van der Waals surface area contributed by atoms with Crippen LogP contribution in [0.4, 0.5) is 4.39 Å². The van der Waals surface area contributed by atoms with Gasteiger partial charge in [-0.15, -0.1) is 0 Å². The van der Waals surface area contributed by atoms with Gasteiger partial charge in [-0.1, -0.05) is 24.3 Å². The van der Waals surface area contributed by atoms with Crippen molar-refractivity contribution >= 4 is 22.8 Å². The van der Waals surface area contributed by atoms with E-state index in [0.29, 0.717) is 14.7 Å². The zero-order valence-electron chi connectivity index (χ0n) is 20.6. The Labute approximate surface area is 212 Å². The fourth-order valence-electron chi connectivity index (χ4n) is 4.14. The molecule has 1 heterocycles. The molecule has 0 radical (unpaired) electrons. The summed E-state index contributed by atoms with van der Waals surface area (Å²) in [5.74, 6) is -2.95. The molecule has 0 aliphatic heterocycles. The lowest BCUT2D eigenvalue weighted by molar-refractivity contribution is -0.464. The maximum atomic E-state index is 13.8.